The zero-order valence-corrected chi connectivity index (χ0v) is 13.6. The molecule has 25 heavy (non-hydrogen) atoms. The van der Waals surface area contributed by atoms with Crippen LogP contribution in [0.4, 0.5) is 0 Å². The topological polar surface area (TPSA) is 20.2 Å². The van der Waals surface area contributed by atoms with Crippen molar-refractivity contribution in [3.8, 4) is 16.9 Å². The minimum atomic E-state index is 0.346. The highest BCUT2D eigenvalue weighted by Gasteiger charge is 2.11. The summed E-state index contributed by atoms with van der Waals surface area (Å²) >= 11 is 0. The lowest BCUT2D eigenvalue weighted by Crippen LogP contribution is -1.85. The average molecular weight is 320 g/mol. The van der Waals surface area contributed by atoms with Gasteiger partial charge in [0.05, 0.1) is 0 Å². The van der Waals surface area contributed by atoms with Crippen LogP contribution in [-0.2, 0) is 0 Å². The van der Waals surface area contributed by atoms with E-state index in [1.807, 2.05) is 30.3 Å². The first kappa shape index (κ1) is 14.1. The molecule has 0 fully saturated rings. The molecule has 0 spiro atoms. The van der Waals surface area contributed by atoms with Crippen LogP contribution in [0.15, 0.2) is 91.0 Å². The quantitative estimate of drug-likeness (QED) is 0.349. The van der Waals surface area contributed by atoms with Gasteiger partial charge < -0.3 is 5.11 Å². The SMILES string of the molecule is Oc1c(-c2cccc3cc4ccccc4cc23)ccc2ccccc12. The molecule has 1 heteroatoms. The zero-order valence-electron chi connectivity index (χ0n) is 13.6. The van der Waals surface area contributed by atoms with E-state index >= 15 is 0 Å². The molecule has 0 heterocycles. The number of benzene rings is 5. The van der Waals surface area contributed by atoms with Gasteiger partial charge in [-0.05, 0) is 50.7 Å². The molecule has 0 aliphatic rings. The Morgan fingerprint density at radius 3 is 1.96 bits per heavy atom. The molecule has 118 valence electrons. The predicted octanol–water partition coefficient (Wildman–Crippen LogP) is 6.52. The number of hydrogen-bond acceptors (Lipinski definition) is 1. The van der Waals surface area contributed by atoms with Crippen molar-refractivity contribution in [2.45, 2.75) is 0 Å². The molecule has 5 aromatic carbocycles. The molecule has 0 bridgehead atoms. The second-order valence-electron chi connectivity index (χ2n) is 6.41. The van der Waals surface area contributed by atoms with Crippen molar-refractivity contribution in [3.05, 3.63) is 91.0 Å². The lowest BCUT2D eigenvalue weighted by atomic mass is 9.93. The van der Waals surface area contributed by atoms with Gasteiger partial charge in [-0.15, -0.1) is 0 Å². The van der Waals surface area contributed by atoms with Gasteiger partial charge in [-0.3, -0.25) is 0 Å². The van der Waals surface area contributed by atoms with Gasteiger partial charge >= 0.3 is 0 Å². The molecule has 5 aromatic rings. The van der Waals surface area contributed by atoms with Crippen molar-refractivity contribution >= 4 is 32.3 Å². The molecular formula is C24H16O. The highest BCUT2D eigenvalue weighted by molar-refractivity contribution is 6.07. The van der Waals surface area contributed by atoms with E-state index in [0.29, 0.717) is 5.75 Å². The van der Waals surface area contributed by atoms with Crippen molar-refractivity contribution in [2.75, 3.05) is 0 Å². The summed E-state index contributed by atoms with van der Waals surface area (Å²) in [4.78, 5) is 0. The van der Waals surface area contributed by atoms with Crippen LogP contribution in [-0.4, -0.2) is 5.11 Å². The Morgan fingerprint density at radius 2 is 1.12 bits per heavy atom. The molecule has 0 atom stereocenters. The van der Waals surface area contributed by atoms with Gasteiger partial charge in [0.25, 0.3) is 0 Å². The van der Waals surface area contributed by atoms with E-state index < -0.39 is 0 Å². The van der Waals surface area contributed by atoms with E-state index in [1.165, 1.54) is 16.2 Å². The van der Waals surface area contributed by atoms with Crippen molar-refractivity contribution < 1.29 is 5.11 Å². The summed E-state index contributed by atoms with van der Waals surface area (Å²) in [5.74, 6) is 0.346. The lowest BCUT2D eigenvalue weighted by molar-refractivity contribution is 0.483. The van der Waals surface area contributed by atoms with Gasteiger partial charge in [0.1, 0.15) is 5.75 Å². The van der Waals surface area contributed by atoms with Crippen molar-refractivity contribution in [3.63, 3.8) is 0 Å². The van der Waals surface area contributed by atoms with Crippen LogP contribution < -0.4 is 0 Å². The third kappa shape index (κ3) is 2.17. The second kappa shape index (κ2) is 5.35. The fourth-order valence-electron chi connectivity index (χ4n) is 3.67. The fraction of sp³-hybridized carbons (Fsp3) is 0. The number of aromatic hydroxyl groups is 1. The standard InChI is InChI=1S/C24H16O/c25-24-20-10-4-3-6-16(20)12-13-22(24)21-11-5-9-19-14-17-7-1-2-8-18(17)15-23(19)21/h1-15,25H. The van der Waals surface area contributed by atoms with E-state index in [-0.39, 0.29) is 0 Å². The number of rotatable bonds is 1. The Labute approximate surface area is 145 Å². The number of phenolic OH excluding ortho intramolecular Hbond substituents is 1. The van der Waals surface area contributed by atoms with Crippen LogP contribution in [0.3, 0.4) is 0 Å². The van der Waals surface area contributed by atoms with Crippen LogP contribution >= 0.6 is 0 Å². The average Bonchev–Trinajstić information content (AvgIpc) is 2.67. The predicted molar refractivity (Wildman–Crippen MR) is 106 cm³/mol. The molecule has 0 amide bonds. The molecule has 0 saturated heterocycles. The van der Waals surface area contributed by atoms with Gasteiger partial charge in [0.15, 0.2) is 0 Å². The summed E-state index contributed by atoms with van der Waals surface area (Å²) in [5.41, 5.74) is 1.94. The van der Waals surface area contributed by atoms with Crippen molar-refractivity contribution in [2.24, 2.45) is 0 Å². The van der Waals surface area contributed by atoms with Crippen LogP contribution in [0.2, 0.25) is 0 Å². The number of fused-ring (bicyclic) bond motifs is 3. The molecule has 0 aliphatic heterocycles. The van der Waals surface area contributed by atoms with Gasteiger partial charge in [-0.2, -0.15) is 0 Å². The van der Waals surface area contributed by atoms with E-state index in [0.717, 1.165) is 27.3 Å². The van der Waals surface area contributed by atoms with Crippen LogP contribution in [0.25, 0.3) is 43.4 Å². The molecule has 0 saturated carbocycles. The third-order valence-electron chi connectivity index (χ3n) is 4.94. The summed E-state index contributed by atoms with van der Waals surface area (Å²) < 4.78 is 0. The van der Waals surface area contributed by atoms with Crippen LogP contribution in [0.5, 0.6) is 5.75 Å². The number of phenols is 1. The maximum absolute atomic E-state index is 10.9. The first-order valence-electron chi connectivity index (χ1n) is 8.44. The van der Waals surface area contributed by atoms with Crippen molar-refractivity contribution in [1.29, 1.82) is 0 Å². The molecule has 0 aromatic heterocycles. The summed E-state index contributed by atoms with van der Waals surface area (Å²) in [6, 6.07) is 31.1. The molecule has 1 N–H and O–H groups in total. The first-order chi connectivity index (χ1) is 12.3. The van der Waals surface area contributed by atoms with Crippen LogP contribution in [0.1, 0.15) is 0 Å². The Balaban J connectivity index is 1.86. The Hall–Kier alpha value is -3.32. The monoisotopic (exact) mass is 320 g/mol. The van der Waals surface area contributed by atoms with E-state index in [1.54, 1.807) is 0 Å². The Morgan fingerprint density at radius 1 is 0.440 bits per heavy atom. The third-order valence-corrected chi connectivity index (χ3v) is 4.94. The first-order valence-corrected chi connectivity index (χ1v) is 8.44. The van der Waals surface area contributed by atoms with Crippen LogP contribution in [0, 0.1) is 0 Å². The Kier molecular flexibility index (Phi) is 3.01. The van der Waals surface area contributed by atoms with Gasteiger partial charge in [-0.25, -0.2) is 0 Å². The summed E-state index contributed by atoms with van der Waals surface area (Å²) in [6.45, 7) is 0. The van der Waals surface area contributed by atoms with Gasteiger partial charge in [0, 0.05) is 10.9 Å². The largest absolute Gasteiger partial charge is 0.507 e. The molecule has 5 rings (SSSR count). The smallest absolute Gasteiger partial charge is 0.131 e. The Bertz CT molecular complexity index is 1250. The highest BCUT2D eigenvalue weighted by atomic mass is 16.3. The normalized spacial score (nSPS) is 11.4. The van der Waals surface area contributed by atoms with Gasteiger partial charge in [0.2, 0.25) is 0 Å². The number of hydrogen-bond donors (Lipinski definition) is 1. The minimum absolute atomic E-state index is 0.346. The molecule has 0 aliphatic carbocycles. The highest BCUT2D eigenvalue weighted by Crippen LogP contribution is 2.39. The zero-order chi connectivity index (χ0) is 16.8. The summed E-state index contributed by atoms with van der Waals surface area (Å²) in [5, 5.41) is 17.6. The second-order valence-corrected chi connectivity index (χ2v) is 6.41. The molecular weight excluding hydrogens is 304 g/mol. The van der Waals surface area contributed by atoms with E-state index in [9.17, 15) is 5.11 Å². The maximum Gasteiger partial charge on any atom is 0.131 e. The maximum atomic E-state index is 10.9. The summed E-state index contributed by atoms with van der Waals surface area (Å²) in [7, 11) is 0. The van der Waals surface area contributed by atoms with Gasteiger partial charge in [-0.1, -0.05) is 72.8 Å². The van der Waals surface area contributed by atoms with E-state index in [2.05, 4.69) is 60.7 Å². The fourth-order valence-corrected chi connectivity index (χ4v) is 3.67. The molecule has 0 unspecified atom stereocenters. The minimum Gasteiger partial charge on any atom is -0.507 e. The molecule has 0 radical (unpaired) electrons. The summed E-state index contributed by atoms with van der Waals surface area (Å²) in [6.07, 6.45) is 0. The molecule has 1 nitrogen and oxygen atoms in total. The van der Waals surface area contributed by atoms with Crippen molar-refractivity contribution in [1.82, 2.24) is 0 Å². The lowest BCUT2D eigenvalue weighted by Gasteiger charge is -2.12. The van der Waals surface area contributed by atoms with E-state index in [4.69, 9.17) is 0 Å².